The third kappa shape index (κ3) is 4.39. The van der Waals surface area contributed by atoms with E-state index in [1.54, 1.807) is 31.3 Å². The van der Waals surface area contributed by atoms with Crippen molar-refractivity contribution in [3.63, 3.8) is 0 Å². The van der Waals surface area contributed by atoms with E-state index in [9.17, 15) is 23.2 Å². The number of aromatic nitrogens is 2. The van der Waals surface area contributed by atoms with Gasteiger partial charge in [-0.25, -0.2) is 4.98 Å². The van der Waals surface area contributed by atoms with Gasteiger partial charge in [0.1, 0.15) is 29.6 Å². The Labute approximate surface area is 219 Å². The molecular weight excluding hydrogens is 495 g/mol. The number of halogens is 3. The Bertz CT molecular complexity index is 1440. The lowest BCUT2D eigenvalue weighted by Crippen LogP contribution is -2.62. The summed E-state index contributed by atoms with van der Waals surface area (Å²) < 4.78 is 47.1. The molecule has 0 unspecified atom stereocenters. The summed E-state index contributed by atoms with van der Waals surface area (Å²) in [6.07, 6.45) is -1.86. The van der Waals surface area contributed by atoms with Gasteiger partial charge < -0.3 is 14.2 Å². The number of piperazine rings is 1. The molecule has 2 aliphatic heterocycles. The van der Waals surface area contributed by atoms with Crippen molar-refractivity contribution in [1.82, 2.24) is 14.5 Å². The molecule has 1 aromatic carbocycles. The summed E-state index contributed by atoms with van der Waals surface area (Å²) in [6, 6.07) is 10.9. The van der Waals surface area contributed by atoms with Crippen LogP contribution in [0.2, 0.25) is 0 Å². The maximum absolute atomic E-state index is 13.2. The van der Waals surface area contributed by atoms with E-state index in [0.29, 0.717) is 36.4 Å². The second kappa shape index (κ2) is 9.95. The molecule has 10 heteroatoms. The van der Waals surface area contributed by atoms with E-state index in [-0.39, 0.29) is 35.1 Å². The predicted octanol–water partition coefficient (Wildman–Crippen LogP) is 5.03. The first kappa shape index (κ1) is 26.0. The molecule has 1 saturated heterocycles. The molecule has 5 rings (SSSR count). The minimum Gasteiger partial charge on any atom is -0.484 e. The number of alkyl halides is 3. The van der Waals surface area contributed by atoms with Crippen molar-refractivity contribution in [2.45, 2.75) is 57.4 Å². The first-order chi connectivity index (χ1) is 18.2. The van der Waals surface area contributed by atoms with Gasteiger partial charge in [-0.15, -0.1) is 0 Å². The summed E-state index contributed by atoms with van der Waals surface area (Å²) in [4.78, 5) is 22.3. The van der Waals surface area contributed by atoms with Crippen LogP contribution in [-0.4, -0.2) is 46.2 Å². The molecule has 2 aromatic heterocycles. The molecule has 0 aliphatic carbocycles. The van der Waals surface area contributed by atoms with E-state index in [0.717, 1.165) is 37.0 Å². The molecule has 0 bridgehead atoms. The number of pyridine rings is 2. The summed E-state index contributed by atoms with van der Waals surface area (Å²) in [7, 11) is 1.67. The Morgan fingerprint density at radius 3 is 2.53 bits per heavy atom. The van der Waals surface area contributed by atoms with E-state index < -0.39 is 11.7 Å². The Hall–Kier alpha value is -3.58. The maximum Gasteiger partial charge on any atom is 0.416 e. The lowest BCUT2D eigenvalue weighted by molar-refractivity contribution is -0.137. The van der Waals surface area contributed by atoms with Crippen LogP contribution in [0.25, 0.3) is 11.0 Å². The molecule has 0 spiro atoms. The van der Waals surface area contributed by atoms with Crippen molar-refractivity contribution in [3.8, 4) is 11.8 Å². The van der Waals surface area contributed by atoms with Crippen LogP contribution in [0.3, 0.4) is 0 Å². The molecule has 38 heavy (non-hydrogen) atoms. The molecular formula is C28H30F3N5O2. The topological polar surface area (TPSA) is 74.4 Å². The fraction of sp³-hybridized carbons (Fsp3) is 0.464. The van der Waals surface area contributed by atoms with Crippen molar-refractivity contribution in [1.29, 1.82) is 5.26 Å². The van der Waals surface area contributed by atoms with Gasteiger partial charge in [-0.3, -0.25) is 9.69 Å². The van der Waals surface area contributed by atoms with Crippen LogP contribution in [0.4, 0.5) is 18.9 Å². The highest BCUT2D eigenvalue weighted by molar-refractivity contribution is 5.93. The number of ether oxygens (including phenoxy) is 1. The number of hydrogen-bond acceptors (Lipinski definition) is 6. The number of nitrogens with zero attached hydrogens (tertiary/aromatic N) is 5. The van der Waals surface area contributed by atoms with Gasteiger partial charge >= 0.3 is 6.18 Å². The molecule has 3 aromatic rings. The van der Waals surface area contributed by atoms with Crippen molar-refractivity contribution >= 4 is 16.7 Å². The molecule has 0 N–H and O–H groups in total. The lowest BCUT2D eigenvalue weighted by Gasteiger charge is -2.51. The summed E-state index contributed by atoms with van der Waals surface area (Å²) in [5, 5.41) is 9.46. The Morgan fingerprint density at radius 2 is 1.89 bits per heavy atom. The second-order valence-corrected chi connectivity index (χ2v) is 10.0. The third-order valence-corrected chi connectivity index (χ3v) is 7.79. The number of benzene rings is 1. The number of rotatable bonds is 5. The number of anilines is 1. The number of hydrogen-bond donors (Lipinski definition) is 0. The van der Waals surface area contributed by atoms with Crippen LogP contribution >= 0.6 is 0 Å². The Morgan fingerprint density at radius 1 is 1.16 bits per heavy atom. The molecule has 1 fully saturated rings. The van der Waals surface area contributed by atoms with E-state index in [1.807, 2.05) is 0 Å². The van der Waals surface area contributed by atoms with Gasteiger partial charge in [0.2, 0.25) is 5.75 Å². The highest BCUT2D eigenvalue weighted by atomic mass is 19.4. The molecule has 3 atom stereocenters. The molecule has 0 saturated carbocycles. The zero-order valence-electron chi connectivity index (χ0n) is 21.6. The van der Waals surface area contributed by atoms with E-state index in [4.69, 9.17) is 4.74 Å². The van der Waals surface area contributed by atoms with Crippen molar-refractivity contribution in [3.05, 3.63) is 63.6 Å². The quantitative estimate of drug-likeness (QED) is 0.466. The minimum absolute atomic E-state index is 0.0421. The van der Waals surface area contributed by atoms with Crippen LogP contribution in [0.1, 0.15) is 56.0 Å². The lowest BCUT2D eigenvalue weighted by atomic mass is 9.93. The van der Waals surface area contributed by atoms with Crippen LogP contribution in [0.15, 0.2) is 41.2 Å². The van der Waals surface area contributed by atoms with Crippen LogP contribution in [-0.2, 0) is 13.2 Å². The fourth-order valence-electron chi connectivity index (χ4n) is 5.83. The van der Waals surface area contributed by atoms with Gasteiger partial charge in [-0.2, -0.15) is 18.4 Å². The monoisotopic (exact) mass is 525 g/mol. The third-order valence-electron chi connectivity index (χ3n) is 7.79. The van der Waals surface area contributed by atoms with Crippen molar-refractivity contribution in [2.75, 3.05) is 24.6 Å². The van der Waals surface area contributed by atoms with Gasteiger partial charge in [0, 0.05) is 32.2 Å². The van der Waals surface area contributed by atoms with Crippen molar-refractivity contribution < 1.29 is 17.9 Å². The SMILES string of the molecule is CCC[C@H](c1ccc(C(F)(F)F)cc1)N1C[C@H]2COc3c(c4nc(C#N)ccc4n(C)c3=O)N2C[C@H]1CC. The average Bonchev–Trinajstić information content (AvgIpc) is 2.92. The zero-order chi connectivity index (χ0) is 27.2. The molecule has 0 radical (unpaired) electrons. The fourth-order valence-corrected chi connectivity index (χ4v) is 5.83. The molecule has 7 nitrogen and oxygen atoms in total. The number of aryl methyl sites for hydroxylation is 1. The second-order valence-electron chi connectivity index (χ2n) is 10.0. The molecule has 200 valence electrons. The highest BCUT2D eigenvalue weighted by Crippen LogP contribution is 2.41. The molecule has 4 heterocycles. The highest BCUT2D eigenvalue weighted by Gasteiger charge is 2.42. The van der Waals surface area contributed by atoms with Gasteiger partial charge in [0.05, 0.1) is 17.1 Å². The summed E-state index contributed by atoms with van der Waals surface area (Å²) in [6.45, 7) is 5.72. The Kier molecular flexibility index (Phi) is 6.82. The van der Waals surface area contributed by atoms with Crippen molar-refractivity contribution in [2.24, 2.45) is 7.05 Å². The largest absolute Gasteiger partial charge is 0.484 e. The van der Waals surface area contributed by atoms with Gasteiger partial charge in [-0.1, -0.05) is 32.4 Å². The van der Waals surface area contributed by atoms with E-state index in [1.165, 1.54) is 4.57 Å². The molecule has 0 amide bonds. The van der Waals surface area contributed by atoms with E-state index in [2.05, 4.69) is 34.7 Å². The zero-order valence-corrected chi connectivity index (χ0v) is 21.6. The maximum atomic E-state index is 13.2. The standard InChI is InChI=1S/C28H30F3N5O2/c1-4-6-22(17-7-9-18(10-8-17)28(29,30)31)35-15-21-16-38-26-25(36(21)14-20(35)5-2)24-23(34(3)27(26)37)12-11-19(13-32)33-24/h7-12,20-22H,4-6,14-16H2,1-3H3/t20-,21+,22-/m1/s1. The van der Waals surface area contributed by atoms with Crippen LogP contribution < -0.4 is 15.2 Å². The first-order valence-electron chi connectivity index (χ1n) is 12.9. The number of fused-ring (bicyclic) bond motifs is 5. The van der Waals surface area contributed by atoms with Gasteiger partial charge in [-0.05, 0) is 42.7 Å². The first-order valence-corrected chi connectivity index (χ1v) is 12.9. The summed E-state index contributed by atoms with van der Waals surface area (Å²) >= 11 is 0. The summed E-state index contributed by atoms with van der Waals surface area (Å²) in [5.74, 6) is 0.245. The minimum atomic E-state index is -4.37. The number of nitriles is 1. The normalized spacial score (nSPS) is 20.4. The van der Waals surface area contributed by atoms with Gasteiger partial charge in [0.15, 0.2) is 0 Å². The smallest absolute Gasteiger partial charge is 0.416 e. The van der Waals surface area contributed by atoms with E-state index >= 15 is 0 Å². The van der Waals surface area contributed by atoms with Crippen LogP contribution in [0, 0.1) is 11.3 Å². The molecule has 2 aliphatic rings. The average molecular weight is 526 g/mol. The van der Waals surface area contributed by atoms with Gasteiger partial charge in [0.25, 0.3) is 5.56 Å². The predicted molar refractivity (Wildman–Crippen MR) is 138 cm³/mol. The van der Waals surface area contributed by atoms with Crippen LogP contribution in [0.5, 0.6) is 5.75 Å². The Balaban J connectivity index is 1.54. The summed E-state index contributed by atoms with van der Waals surface area (Å²) in [5.41, 5.74) is 2.03.